The monoisotopic (exact) mass is 194 g/mol. The van der Waals surface area contributed by atoms with E-state index in [4.69, 9.17) is 5.11 Å². The van der Waals surface area contributed by atoms with Crippen LogP contribution in [-0.2, 0) is 4.79 Å². The number of hydrogen-bond acceptors (Lipinski definition) is 1. The molecule has 3 fully saturated rings. The molecule has 0 aliphatic heterocycles. The largest absolute Gasteiger partial charge is 0.481 e. The van der Waals surface area contributed by atoms with E-state index in [9.17, 15) is 4.79 Å². The molecular formula is C12H18O2. The summed E-state index contributed by atoms with van der Waals surface area (Å²) in [6.45, 7) is 0. The van der Waals surface area contributed by atoms with Gasteiger partial charge in [-0.15, -0.1) is 0 Å². The van der Waals surface area contributed by atoms with Crippen LogP contribution < -0.4 is 0 Å². The number of carboxylic acids is 1. The number of carboxylic acid groups (broad SMARTS) is 1. The SMILES string of the molecule is O=C(O)CC1C2CCC3CC[C@@H]1C2C3. The third-order valence-electron chi connectivity index (χ3n) is 5.03. The number of hydrogen-bond donors (Lipinski definition) is 1. The number of aliphatic carboxylic acids is 1. The summed E-state index contributed by atoms with van der Waals surface area (Å²) >= 11 is 0. The van der Waals surface area contributed by atoms with E-state index in [-0.39, 0.29) is 0 Å². The predicted octanol–water partition coefficient (Wildman–Crippen LogP) is 2.53. The molecule has 0 saturated heterocycles. The van der Waals surface area contributed by atoms with Gasteiger partial charge < -0.3 is 5.11 Å². The van der Waals surface area contributed by atoms with Gasteiger partial charge in [0.15, 0.2) is 0 Å². The molecule has 0 aromatic rings. The van der Waals surface area contributed by atoms with Crippen LogP contribution in [0.1, 0.15) is 38.5 Å². The van der Waals surface area contributed by atoms with Gasteiger partial charge in [-0.2, -0.15) is 0 Å². The van der Waals surface area contributed by atoms with Crippen LogP contribution >= 0.6 is 0 Å². The first kappa shape index (κ1) is 8.75. The summed E-state index contributed by atoms with van der Waals surface area (Å²) in [5, 5.41) is 8.87. The third-order valence-corrected chi connectivity index (χ3v) is 5.03. The number of carbonyl (C=O) groups is 1. The Balaban J connectivity index is 1.73. The first-order valence-corrected chi connectivity index (χ1v) is 5.97. The molecule has 2 nitrogen and oxygen atoms in total. The van der Waals surface area contributed by atoms with E-state index < -0.39 is 5.97 Å². The van der Waals surface area contributed by atoms with Gasteiger partial charge in [0.2, 0.25) is 0 Å². The fourth-order valence-electron chi connectivity index (χ4n) is 4.46. The summed E-state index contributed by atoms with van der Waals surface area (Å²) in [6.07, 6.45) is 7.27. The molecule has 0 amide bonds. The molecule has 1 N–H and O–H groups in total. The van der Waals surface area contributed by atoms with Crippen molar-refractivity contribution in [2.45, 2.75) is 38.5 Å². The second kappa shape index (κ2) is 2.98. The van der Waals surface area contributed by atoms with Crippen LogP contribution in [0.2, 0.25) is 0 Å². The van der Waals surface area contributed by atoms with E-state index in [1.54, 1.807) is 0 Å². The van der Waals surface area contributed by atoms with Crippen LogP contribution in [0.25, 0.3) is 0 Å². The Bertz CT molecular complexity index is 245. The number of fused-ring (bicyclic) bond motifs is 1. The smallest absolute Gasteiger partial charge is 0.303 e. The summed E-state index contributed by atoms with van der Waals surface area (Å²) in [4.78, 5) is 10.8. The third kappa shape index (κ3) is 1.12. The van der Waals surface area contributed by atoms with E-state index in [0.29, 0.717) is 12.3 Å². The van der Waals surface area contributed by atoms with E-state index in [1.165, 1.54) is 32.1 Å². The molecule has 0 heterocycles. The minimum absolute atomic E-state index is 0.441. The normalized spacial score (nSPS) is 49.6. The highest BCUT2D eigenvalue weighted by Crippen LogP contribution is 2.61. The number of rotatable bonds is 2. The minimum atomic E-state index is -0.582. The summed E-state index contributed by atoms with van der Waals surface area (Å²) in [5.41, 5.74) is 0. The second-order valence-electron chi connectivity index (χ2n) is 5.51. The molecule has 3 rings (SSSR count). The van der Waals surface area contributed by atoms with Gasteiger partial charge >= 0.3 is 5.97 Å². The van der Waals surface area contributed by atoms with Gasteiger partial charge in [0.25, 0.3) is 0 Å². The lowest BCUT2D eigenvalue weighted by atomic mass is 9.45. The highest BCUT2D eigenvalue weighted by Gasteiger charge is 2.54. The van der Waals surface area contributed by atoms with Crippen molar-refractivity contribution in [3.63, 3.8) is 0 Å². The maximum absolute atomic E-state index is 10.8. The van der Waals surface area contributed by atoms with Crippen LogP contribution in [-0.4, -0.2) is 11.1 Å². The first-order chi connectivity index (χ1) is 6.75. The van der Waals surface area contributed by atoms with Gasteiger partial charge in [0, 0.05) is 6.42 Å². The van der Waals surface area contributed by atoms with Crippen molar-refractivity contribution >= 4 is 5.97 Å². The topological polar surface area (TPSA) is 37.3 Å². The Morgan fingerprint density at radius 1 is 1.07 bits per heavy atom. The van der Waals surface area contributed by atoms with Gasteiger partial charge in [0.05, 0.1) is 0 Å². The van der Waals surface area contributed by atoms with Gasteiger partial charge in [-0.1, -0.05) is 12.8 Å². The molecule has 0 spiro atoms. The van der Waals surface area contributed by atoms with Crippen LogP contribution in [0.15, 0.2) is 0 Å². The molecule has 78 valence electrons. The van der Waals surface area contributed by atoms with Gasteiger partial charge in [0.1, 0.15) is 0 Å². The van der Waals surface area contributed by atoms with Crippen molar-refractivity contribution in [2.24, 2.45) is 29.6 Å². The van der Waals surface area contributed by atoms with Gasteiger partial charge in [-0.25, -0.2) is 0 Å². The van der Waals surface area contributed by atoms with E-state index in [2.05, 4.69) is 0 Å². The van der Waals surface area contributed by atoms with Crippen molar-refractivity contribution in [1.82, 2.24) is 0 Å². The molecule has 0 radical (unpaired) electrons. The zero-order valence-electron chi connectivity index (χ0n) is 8.48. The summed E-state index contributed by atoms with van der Waals surface area (Å²) in [5.74, 6) is 3.45. The Hall–Kier alpha value is -0.530. The lowest BCUT2D eigenvalue weighted by molar-refractivity contribution is -0.150. The predicted molar refractivity (Wildman–Crippen MR) is 52.8 cm³/mol. The quantitative estimate of drug-likeness (QED) is 0.733. The molecule has 4 unspecified atom stereocenters. The van der Waals surface area contributed by atoms with E-state index in [0.717, 1.165) is 23.7 Å². The summed E-state index contributed by atoms with van der Waals surface area (Å²) < 4.78 is 0. The lowest BCUT2D eigenvalue weighted by Gasteiger charge is -2.59. The van der Waals surface area contributed by atoms with E-state index in [1.807, 2.05) is 0 Å². The van der Waals surface area contributed by atoms with Crippen LogP contribution in [0.5, 0.6) is 0 Å². The molecule has 14 heavy (non-hydrogen) atoms. The first-order valence-electron chi connectivity index (χ1n) is 5.97. The molecule has 3 aliphatic rings. The van der Waals surface area contributed by atoms with Crippen LogP contribution in [0.4, 0.5) is 0 Å². The highest BCUT2D eigenvalue weighted by atomic mass is 16.4. The summed E-state index contributed by atoms with van der Waals surface area (Å²) in [7, 11) is 0. The molecule has 3 saturated carbocycles. The Labute approximate surface area is 84.7 Å². The zero-order valence-corrected chi connectivity index (χ0v) is 8.48. The maximum Gasteiger partial charge on any atom is 0.303 e. The zero-order chi connectivity index (χ0) is 9.71. The standard InChI is InChI=1S/C12H18O2/c13-12(14)6-11-8-3-1-7-2-4-9(11)10(8)5-7/h7-11H,1-6H2,(H,13,14)/t7?,8-,9?,10?,11?/m1/s1. The summed E-state index contributed by atoms with van der Waals surface area (Å²) in [6, 6.07) is 0. The van der Waals surface area contributed by atoms with Crippen molar-refractivity contribution in [2.75, 3.05) is 0 Å². The average Bonchev–Trinajstić information content (AvgIpc) is 2.12. The Kier molecular flexibility index (Phi) is 1.86. The van der Waals surface area contributed by atoms with E-state index >= 15 is 0 Å². The molecule has 5 atom stereocenters. The lowest BCUT2D eigenvalue weighted by Crippen LogP contribution is -2.53. The van der Waals surface area contributed by atoms with Gasteiger partial charge in [-0.05, 0) is 48.9 Å². The van der Waals surface area contributed by atoms with Crippen LogP contribution in [0, 0.1) is 29.6 Å². The van der Waals surface area contributed by atoms with Crippen molar-refractivity contribution in [3.8, 4) is 0 Å². The van der Waals surface area contributed by atoms with Crippen molar-refractivity contribution in [1.29, 1.82) is 0 Å². The maximum atomic E-state index is 10.8. The molecule has 0 aromatic heterocycles. The molecule has 2 bridgehead atoms. The van der Waals surface area contributed by atoms with Crippen LogP contribution in [0.3, 0.4) is 0 Å². The minimum Gasteiger partial charge on any atom is -0.481 e. The fraction of sp³-hybridized carbons (Fsp3) is 0.917. The molecular weight excluding hydrogens is 176 g/mol. The Morgan fingerprint density at radius 3 is 2.29 bits per heavy atom. The Morgan fingerprint density at radius 2 is 1.71 bits per heavy atom. The average molecular weight is 194 g/mol. The molecule has 0 aromatic carbocycles. The fourth-order valence-corrected chi connectivity index (χ4v) is 4.46. The second-order valence-corrected chi connectivity index (χ2v) is 5.51. The van der Waals surface area contributed by atoms with Gasteiger partial charge in [-0.3, -0.25) is 4.79 Å². The molecule has 2 heteroatoms. The highest BCUT2D eigenvalue weighted by molar-refractivity contribution is 5.67. The molecule has 3 aliphatic carbocycles. The van der Waals surface area contributed by atoms with Crippen molar-refractivity contribution in [3.05, 3.63) is 0 Å². The van der Waals surface area contributed by atoms with Crippen molar-refractivity contribution < 1.29 is 9.90 Å².